The van der Waals surface area contributed by atoms with E-state index in [9.17, 15) is 8.78 Å². The molecule has 4 rings (SSSR count). The summed E-state index contributed by atoms with van der Waals surface area (Å²) in [5.74, 6) is 0.0711. The number of halogens is 3. The highest BCUT2D eigenvalue weighted by Gasteiger charge is 2.32. The van der Waals surface area contributed by atoms with E-state index in [-0.39, 0.29) is 36.9 Å². The summed E-state index contributed by atoms with van der Waals surface area (Å²) in [6.07, 6.45) is 0. The maximum Gasteiger partial charge on any atom is 0.123 e. The van der Waals surface area contributed by atoms with E-state index in [2.05, 4.69) is 16.7 Å². The van der Waals surface area contributed by atoms with Crippen molar-refractivity contribution in [3.63, 3.8) is 0 Å². The maximum atomic E-state index is 13.6. The van der Waals surface area contributed by atoms with Gasteiger partial charge in [0, 0.05) is 31.7 Å². The molecule has 4 nitrogen and oxygen atoms in total. The molecule has 2 atom stereocenters. The molecule has 1 aliphatic rings. The molecule has 0 unspecified atom stereocenters. The number of aliphatic hydroxyl groups is 1. The number of ether oxygens (including phenoxy) is 1. The standard InChI is InChI=1S/C26H27ClF2N2O2/c1-18(19-2-6-21(28)7-3-19)30-12-13-31(26(17-30)20-4-8-22(29)9-5-20)25-11-10-23(16-24(25)27)33-15-14-32/h2-11,16,18,26,32H,12-15,17H2,1H3/t18-,26+/m1/s1. The number of benzene rings is 3. The van der Waals surface area contributed by atoms with Gasteiger partial charge in [-0.1, -0.05) is 35.9 Å². The molecular formula is C26H27ClF2N2O2. The molecule has 0 radical (unpaired) electrons. The first-order chi connectivity index (χ1) is 16.0. The molecule has 0 saturated carbocycles. The Labute approximate surface area is 198 Å². The average Bonchev–Trinajstić information content (AvgIpc) is 2.83. The van der Waals surface area contributed by atoms with Crippen LogP contribution in [-0.4, -0.2) is 42.9 Å². The molecule has 0 bridgehead atoms. The van der Waals surface area contributed by atoms with E-state index in [0.717, 1.165) is 23.4 Å². The van der Waals surface area contributed by atoms with Gasteiger partial charge in [-0.3, -0.25) is 4.90 Å². The molecule has 0 amide bonds. The number of hydrogen-bond acceptors (Lipinski definition) is 4. The smallest absolute Gasteiger partial charge is 0.123 e. The van der Waals surface area contributed by atoms with E-state index in [0.29, 0.717) is 23.9 Å². The minimum absolute atomic E-state index is 0.0519. The Morgan fingerprint density at radius 1 is 1.00 bits per heavy atom. The van der Waals surface area contributed by atoms with Crippen LogP contribution in [0.1, 0.15) is 30.1 Å². The van der Waals surface area contributed by atoms with Crippen LogP contribution in [0.5, 0.6) is 5.75 Å². The van der Waals surface area contributed by atoms with Crippen LogP contribution in [0.4, 0.5) is 14.5 Å². The number of anilines is 1. The lowest BCUT2D eigenvalue weighted by molar-refractivity contribution is 0.171. The van der Waals surface area contributed by atoms with Crippen molar-refractivity contribution in [1.29, 1.82) is 0 Å². The van der Waals surface area contributed by atoms with Gasteiger partial charge in [0.15, 0.2) is 0 Å². The molecule has 1 aliphatic heterocycles. The number of nitrogens with zero attached hydrogens (tertiary/aromatic N) is 2. The molecule has 3 aromatic rings. The minimum atomic E-state index is -0.277. The molecule has 7 heteroatoms. The number of hydrogen-bond donors (Lipinski definition) is 1. The van der Waals surface area contributed by atoms with Crippen LogP contribution < -0.4 is 9.64 Å². The highest BCUT2D eigenvalue weighted by Crippen LogP contribution is 2.38. The average molecular weight is 473 g/mol. The summed E-state index contributed by atoms with van der Waals surface area (Å²) >= 11 is 6.64. The van der Waals surface area contributed by atoms with Crippen LogP contribution in [-0.2, 0) is 0 Å². The lowest BCUT2D eigenvalue weighted by Gasteiger charge is -2.45. The van der Waals surface area contributed by atoms with Crippen LogP contribution in [0, 0.1) is 11.6 Å². The van der Waals surface area contributed by atoms with Gasteiger partial charge in [0.25, 0.3) is 0 Å². The van der Waals surface area contributed by atoms with E-state index < -0.39 is 0 Å². The lowest BCUT2D eigenvalue weighted by atomic mass is 9.98. The number of piperazine rings is 1. The fourth-order valence-electron chi connectivity index (χ4n) is 4.34. The third-order valence-electron chi connectivity index (χ3n) is 6.16. The molecule has 1 fully saturated rings. The summed E-state index contributed by atoms with van der Waals surface area (Å²) in [5.41, 5.74) is 2.91. The number of rotatable bonds is 7. The Balaban J connectivity index is 1.62. The van der Waals surface area contributed by atoms with Crippen LogP contribution in [0.2, 0.25) is 5.02 Å². The van der Waals surface area contributed by atoms with Crippen molar-refractivity contribution >= 4 is 17.3 Å². The van der Waals surface area contributed by atoms with Crippen molar-refractivity contribution in [1.82, 2.24) is 4.90 Å². The van der Waals surface area contributed by atoms with Gasteiger partial charge in [0.2, 0.25) is 0 Å². The molecular weight excluding hydrogens is 446 g/mol. The maximum absolute atomic E-state index is 13.6. The Morgan fingerprint density at radius 3 is 2.30 bits per heavy atom. The summed E-state index contributed by atoms with van der Waals surface area (Å²) in [4.78, 5) is 4.59. The molecule has 33 heavy (non-hydrogen) atoms. The van der Waals surface area contributed by atoms with Crippen molar-refractivity contribution in [3.05, 3.63) is 94.5 Å². The summed E-state index contributed by atoms with van der Waals surface area (Å²) < 4.78 is 32.5. The quantitative estimate of drug-likeness (QED) is 0.484. The normalized spacial score (nSPS) is 17.7. The van der Waals surface area contributed by atoms with Crippen LogP contribution in [0.25, 0.3) is 0 Å². The van der Waals surface area contributed by atoms with Gasteiger partial charge in [-0.15, -0.1) is 0 Å². The summed E-state index contributed by atoms with van der Waals surface area (Å²) in [6.45, 7) is 4.45. The van der Waals surface area contributed by atoms with Crippen molar-refractivity contribution in [2.75, 3.05) is 37.7 Å². The lowest BCUT2D eigenvalue weighted by Crippen LogP contribution is -2.49. The highest BCUT2D eigenvalue weighted by atomic mass is 35.5. The Hall–Kier alpha value is -2.67. The second-order valence-electron chi connectivity index (χ2n) is 8.17. The molecule has 0 aliphatic carbocycles. The van der Waals surface area contributed by atoms with E-state index in [1.54, 1.807) is 6.07 Å². The molecule has 0 aromatic heterocycles. The fraction of sp³-hybridized carbons (Fsp3) is 0.308. The van der Waals surface area contributed by atoms with E-state index in [4.69, 9.17) is 21.4 Å². The van der Waals surface area contributed by atoms with Crippen LogP contribution in [0.3, 0.4) is 0 Å². The predicted molar refractivity (Wildman–Crippen MR) is 127 cm³/mol. The van der Waals surface area contributed by atoms with Gasteiger partial charge >= 0.3 is 0 Å². The van der Waals surface area contributed by atoms with E-state index in [1.165, 1.54) is 24.3 Å². The summed E-state index contributed by atoms with van der Waals surface area (Å²) in [6, 6.07) is 18.7. The second-order valence-corrected chi connectivity index (χ2v) is 8.58. The molecule has 1 N–H and O–H groups in total. The van der Waals surface area contributed by atoms with Crippen molar-refractivity contribution in [2.45, 2.75) is 19.0 Å². The molecule has 0 spiro atoms. The monoisotopic (exact) mass is 472 g/mol. The molecule has 1 saturated heterocycles. The van der Waals surface area contributed by atoms with E-state index >= 15 is 0 Å². The number of aliphatic hydroxyl groups excluding tert-OH is 1. The molecule has 3 aromatic carbocycles. The first-order valence-electron chi connectivity index (χ1n) is 11.0. The first-order valence-corrected chi connectivity index (χ1v) is 11.4. The zero-order chi connectivity index (χ0) is 23.4. The molecule has 174 valence electrons. The van der Waals surface area contributed by atoms with Crippen LogP contribution >= 0.6 is 11.6 Å². The van der Waals surface area contributed by atoms with Crippen molar-refractivity contribution in [2.24, 2.45) is 0 Å². The highest BCUT2D eigenvalue weighted by molar-refractivity contribution is 6.33. The predicted octanol–water partition coefficient (Wildman–Crippen LogP) is 5.61. The fourth-order valence-corrected chi connectivity index (χ4v) is 4.62. The van der Waals surface area contributed by atoms with E-state index in [1.807, 2.05) is 36.4 Å². The third kappa shape index (κ3) is 5.46. The Bertz CT molecular complexity index is 1060. The summed E-state index contributed by atoms with van der Waals surface area (Å²) in [5, 5.41) is 9.54. The Morgan fingerprint density at radius 2 is 1.67 bits per heavy atom. The van der Waals surface area contributed by atoms with Crippen molar-refractivity contribution < 1.29 is 18.6 Å². The largest absolute Gasteiger partial charge is 0.491 e. The topological polar surface area (TPSA) is 35.9 Å². The van der Waals surface area contributed by atoms with Gasteiger partial charge in [-0.2, -0.15) is 0 Å². The van der Waals surface area contributed by atoms with Crippen molar-refractivity contribution in [3.8, 4) is 5.75 Å². The minimum Gasteiger partial charge on any atom is -0.491 e. The SMILES string of the molecule is C[C@H](c1ccc(F)cc1)N1CCN(c2ccc(OCCO)cc2Cl)[C@H](c2ccc(F)cc2)C1. The Kier molecular flexibility index (Phi) is 7.48. The van der Waals surface area contributed by atoms with Gasteiger partial charge in [0.05, 0.1) is 23.4 Å². The van der Waals surface area contributed by atoms with Gasteiger partial charge < -0.3 is 14.7 Å². The first kappa shape index (κ1) is 23.5. The zero-order valence-corrected chi connectivity index (χ0v) is 19.2. The second kappa shape index (κ2) is 10.5. The zero-order valence-electron chi connectivity index (χ0n) is 18.4. The van der Waals surface area contributed by atoms with Gasteiger partial charge in [-0.05, 0) is 54.4 Å². The van der Waals surface area contributed by atoms with Gasteiger partial charge in [-0.25, -0.2) is 8.78 Å². The van der Waals surface area contributed by atoms with Gasteiger partial charge in [0.1, 0.15) is 24.0 Å². The molecule has 1 heterocycles. The summed E-state index contributed by atoms with van der Waals surface area (Å²) in [7, 11) is 0. The third-order valence-corrected chi connectivity index (χ3v) is 6.46. The van der Waals surface area contributed by atoms with Crippen LogP contribution in [0.15, 0.2) is 66.7 Å².